The van der Waals surface area contributed by atoms with Gasteiger partial charge in [0.25, 0.3) is 0 Å². The lowest BCUT2D eigenvalue weighted by atomic mass is 9.96. The molecule has 14 heteroatoms. The number of aliphatic carboxylic acids is 1. The van der Waals surface area contributed by atoms with Gasteiger partial charge in [0.1, 0.15) is 23.9 Å². The summed E-state index contributed by atoms with van der Waals surface area (Å²) in [6, 6.07) is 14.2. The molecule has 272 valence electrons. The lowest BCUT2D eigenvalue weighted by Crippen LogP contribution is -2.53. The number of nitrogens with zero attached hydrogens (tertiary/aromatic N) is 2. The largest absolute Gasteiger partial charge is 0.480 e. The summed E-state index contributed by atoms with van der Waals surface area (Å²) in [6.45, 7) is 5.68. The van der Waals surface area contributed by atoms with Crippen LogP contribution < -0.4 is 21.3 Å². The number of anilines is 2. The Balaban J connectivity index is 1.29. The van der Waals surface area contributed by atoms with Crippen LogP contribution in [0.5, 0.6) is 0 Å². The number of carboxylic acids is 1. The van der Waals surface area contributed by atoms with Crippen molar-refractivity contribution in [2.45, 2.75) is 77.5 Å². The van der Waals surface area contributed by atoms with E-state index in [-0.39, 0.29) is 56.5 Å². The minimum Gasteiger partial charge on any atom is -0.480 e. The van der Waals surface area contributed by atoms with Gasteiger partial charge < -0.3 is 40.6 Å². The van der Waals surface area contributed by atoms with Crippen LogP contribution in [-0.4, -0.2) is 82.3 Å². The first-order chi connectivity index (χ1) is 24.4. The van der Waals surface area contributed by atoms with Crippen molar-refractivity contribution < 1.29 is 38.3 Å². The highest BCUT2D eigenvalue weighted by Crippen LogP contribution is 2.23. The molecule has 5 N–H and O–H groups in total. The van der Waals surface area contributed by atoms with E-state index in [1.54, 1.807) is 49.5 Å². The Morgan fingerprint density at radius 3 is 2.39 bits per heavy atom. The minimum atomic E-state index is -1.31. The first kappa shape index (κ1) is 38.1. The number of hydrogen-bond donors (Lipinski definition) is 5. The Labute approximate surface area is 296 Å². The number of amides is 6. The molecule has 1 unspecified atom stereocenters. The van der Waals surface area contributed by atoms with Crippen LogP contribution in [0.25, 0.3) is 0 Å². The number of para-hydroxylation sites is 1. The van der Waals surface area contributed by atoms with Crippen LogP contribution in [0.4, 0.5) is 16.2 Å². The smallest absolute Gasteiger partial charge is 0.326 e. The molecule has 1 aromatic heterocycles. The molecule has 0 radical (unpaired) electrons. The predicted octanol–water partition coefficient (Wildman–Crippen LogP) is 3.91. The summed E-state index contributed by atoms with van der Waals surface area (Å²) in [4.78, 5) is 79.6. The SMILES string of the molecule is CCC(C)[C@@H](C(=O)NCC[C@H](NC(=O)[C@@H]1CCC(=O)N1Cc1ccco1)C(=O)O)N(C)C(=O)Cc1ccc(NC(=O)Nc2ccccc2C)cc1. The van der Waals surface area contributed by atoms with E-state index in [0.29, 0.717) is 29.1 Å². The van der Waals surface area contributed by atoms with Gasteiger partial charge in [-0.05, 0) is 67.1 Å². The maximum Gasteiger partial charge on any atom is 0.326 e. The van der Waals surface area contributed by atoms with Crippen molar-refractivity contribution in [3.05, 3.63) is 83.8 Å². The first-order valence-corrected chi connectivity index (χ1v) is 17.0. The molecule has 6 amide bonds. The molecule has 0 spiro atoms. The lowest BCUT2D eigenvalue weighted by molar-refractivity contribution is -0.143. The van der Waals surface area contributed by atoms with Gasteiger partial charge in [-0.25, -0.2) is 9.59 Å². The predicted molar refractivity (Wildman–Crippen MR) is 189 cm³/mol. The van der Waals surface area contributed by atoms with Crippen molar-refractivity contribution in [2.24, 2.45) is 5.92 Å². The van der Waals surface area contributed by atoms with Crippen molar-refractivity contribution >= 4 is 47.0 Å². The quantitative estimate of drug-likeness (QED) is 0.148. The number of benzene rings is 2. The summed E-state index contributed by atoms with van der Waals surface area (Å²) in [5.74, 6) is -2.55. The van der Waals surface area contributed by atoms with Crippen LogP contribution in [-0.2, 0) is 36.9 Å². The summed E-state index contributed by atoms with van der Waals surface area (Å²) < 4.78 is 5.31. The molecule has 0 bridgehead atoms. The second-order valence-electron chi connectivity index (χ2n) is 12.7. The molecule has 1 aliphatic heterocycles. The molecule has 0 aliphatic carbocycles. The van der Waals surface area contributed by atoms with E-state index in [0.717, 1.165) is 5.56 Å². The number of carboxylic acid groups (broad SMARTS) is 1. The number of nitrogens with one attached hydrogen (secondary N) is 4. The standard InChI is InChI=1S/C37H46N6O8/c1-5-23(2)33(42(4)32(45)21-25-12-14-26(15-13-25)39-37(50)41-28-11-7-6-9-24(28)3)35(47)38-19-18-29(36(48)49)40-34(46)30-16-17-31(44)43(30)22-27-10-8-20-51-27/h6-15,20,23,29-30,33H,5,16-19,21-22H2,1-4H3,(H,38,47)(H,40,46)(H,48,49)(H2,39,41,50)/t23?,29-,30-,33-/m0/s1. The number of carbonyl (C=O) groups is 6. The Morgan fingerprint density at radius 2 is 1.75 bits per heavy atom. The van der Waals surface area contributed by atoms with E-state index in [1.807, 2.05) is 39.0 Å². The molecular formula is C37H46N6O8. The highest BCUT2D eigenvalue weighted by Gasteiger charge is 2.38. The van der Waals surface area contributed by atoms with Crippen LogP contribution in [0.3, 0.4) is 0 Å². The fourth-order valence-corrected chi connectivity index (χ4v) is 5.94. The topological polar surface area (TPSA) is 190 Å². The third-order valence-corrected chi connectivity index (χ3v) is 9.11. The Hall–Kier alpha value is -5.66. The van der Waals surface area contributed by atoms with Crippen molar-refractivity contribution in [3.8, 4) is 0 Å². The van der Waals surface area contributed by atoms with Gasteiger partial charge in [-0.1, -0.05) is 50.6 Å². The van der Waals surface area contributed by atoms with E-state index in [2.05, 4.69) is 21.3 Å². The molecule has 4 atom stereocenters. The second kappa shape index (κ2) is 17.8. The molecule has 51 heavy (non-hydrogen) atoms. The molecule has 3 aromatic rings. The van der Waals surface area contributed by atoms with Gasteiger partial charge in [0, 0.05) is 31.4 Å². The fraction of sp³-hybridized carbons (Fsp3) is 0.405. The Kier molecular flexibility index (Phi) is 13.3. The second-order valence-corrected chi connectivity index (χ2v) is 12.7. The van der Waals surface area contributed by atoms with E-state index in [4.69, 9.17) is 4.42 Å². The van der Waals surface area contributed by atoms with E-state index >= 15 is 0 Å². The summed E-state index contributed by atoms with van der Waals surface area (Å²) in [5.41, 5.74) is 2.85. The van der Waals surface area contributed by atoms with Crippen molar-refractivity contribution in [1.29, 1.82) is 0 Å². The summed E-state index contributed by atoms with van der Waals surface area (Å²) >= 11 is 0. The van der Waals surface area contributed by atoms with E-state index in [1.165, 1.54) is 16.1 Å². The van der Waals surface area contributed by atoms with Crippen LogP contribution in [0.1, 0.15) is 56.4 Å². The van der Waals surface area contributed by atoms with Crippen LogP contribution in [0, 0.1) is 12.8 Å². The third-order valence-electron chi connectivity index (χ3n) is 9.11. The zero-order chi connectivity index (χ0) is 37.1. The molecule has 1 saturated heterocycles. The molecule has 14 nitrogen and oxygen atoms in total. The molecule has 0 saturated carbocycles. The highest BCUT2D eigenvalue weighted by molar-refractivity contribution is 6.00. The zero-order valence-corrected chi connectivity index (χ0v) is 29.3. The van der Waals surface area contributed by atoms with Crippen LogP contribution in [0.2, 0.25) is 0 Å². The molecule has 1 aliphatic rings. The summed E-state index contributed by atoms with van der Waals surface area (Å²) in [6.07, 6.45) is 2.38. The maximum atomic E-state index is 13.4. The number of carbonyl (C=O) groups excluding carboxylic acids is 5. The van der Waals surface area contributed by atoms with Gasteiger partial charge in [-0.3, -0.25) is 19.2 Å². The molecule has 2 heterocycles. The summed E-state index contributed by atoms with van der Waals surface area (Å²) in [7, 11) is 1.56. The average molecular weight is 703 g/mol. The number of rotatable bonds is 16. The number of urea groups is 1. The average Bonchev–Trinajstić information content (AvgIpc) is 3.75. The Morgan fingerprint density at radius 1 is 1.02 bits per heavy atom. The molecule has 4 rings (SSSR count). The minimum absolute atomic E-state index is 0.0140. The van der Waals surface area contributed by atoms with Crippen molar-refractivity contribution in [3.63, 3.8) is 0 Å². The number of hydrogen-bond acceptors (Lipinski definition) is 7. The Bertz CT molecular complexity index is 1690. The van der Waals surface area contributed by atoms with Gasteiger partial charge in [-0.15, -0.1) is 0 Å². The number of furan rings is 1. The van der Waals surface area contributed by atoms with Crippen molar-refractivity contribution in [1.82, 2.24) is 20.4 Å². The number of likely N-dealkylation sites (N-methyl/N-ethyl adjacent to an activating group) is 1. The van der Waals surface area contributed by atoms with Gasteiger partial charge in [0.05, 0.1) is 19.2 Å². The highest BCUT2D eigenvalue weighted by atomic mass is 16.4. The number of likely N-dealkylation sites (tertiary alicyclic amines) is 1. The monoisotopic (exact) mass is 702 g/mol. The molecule has 2 aromatic carbocycles. The zero-order valence-electron chi connectivity index (χ0n) is 29.3. The van der Waals surface area contributed by atoms with Crippen LogP contribution >= 0.6 is 0 Å². The fourth-order valence-electron chi connectivity index (χ4n) is 5.94. The van der Waals surface area contributed by atoms with Gasteiger partial charge in [-0.2, -0.15) is 0 Å². The van der Waals surface area contributed by atoms with E-state index in [9.17, 15) is 33.9 Å². The third kappa shape index (κ3) is 10.4. The number of aryl methyl sites for hydroxylation is 1. The summed E-state index contributed by atoms with van der Waals surface area (Å²) in [5, 5.41) is 20.7. The first-order valence-electron chi connectivity index (χ1n) is 17.0. The molecular weight excluding hydrogens is 656 g/mol. The van der Waals surface area contributed by atoms with Gasteiger partial charge in [0.2, 0.25) is 23.6 Å². The normalized spacial score (nSPS) is 15.7. The van der Waals surface area contributed by atoms with Gasteiger partial charge in [0.15, 0.2) is 0 Å². The maximum absolute atomic E-state index is 13.4. The van der Waals surface area contributed by atoms with Gasteiger partial charge >= 0.3 is 12.0 Å². The van der Waals surface area contributed by atoms with Crippen molar-refractivity contribution in [2.75, 3.05) is 24.2 Å². The molecule has 1 fully saturated rings. The lowest BCUT2D eigenvalue weighted by Gasteiger charge is -2.32. The van der Waals surface area contributed by atoms with E-state index < -0.39 is 41.9 Å². The van der Waals surface area contributed by atoms with Crippen LogP contribution in [0.15, 0.2) is 71.3 Å².